The van der Waals surface area contributed by atoms with Gasteiger partial charge in [0.1, 0.15) is 36.3 Å². The van der Waals surface area contributed by atoms with E-state index in [1.807, 2.05) is 0 Å². The number of carboxylic acids is 1. The van der Waals surface area contributed by atoms with Crippen molar-refractivity contribution in [3.63, 3.8) is 0 Å². The molecular formula is C26H50ClN13O8S2. The van der Waals surface area contributed by atoms with Crippen LogP contribution in [0.3, 0.4) is 0 Å². The van der Waals surface area contributed by atoms with Crippen LogP contribution in [0, 0.1) is 10.8 Å². The highest BCUT2D eigenvalue weighted by Crippen LogP contribution is 2.22. The molecule has 0 bridgehead atoms. The van der Waals surface area contributed by atoms with Crippen molar-refractivity contribution in [2.45, 2.75) is 82.7 Å². The largest absolute Gasteiger partial charge is 0.480 e. The molecule has 0 spiro atoms. The van der Waals surface area contributed by atoms with E-state index in [9.17, 15) is 33.6 Å². The number of carboxylic acid groups (broad SMARTS) is 1. The third kappa shape index (κ3) is 21.7. The average Bonchev–Trinajstić information content (AvgIpc) is 3.00. The van der Waals surface area contributed by atoms with E-state index in [0.717, 1.165) is 21.6 Å². The first kappa shape index (κ1) is 47.9. The predicted octanol–water partition coefficient (Wildman–Crippen LogP) is -4.30. The lowest BCUT2D eigenvalue weighted by Gasteiger charge is -2.25. The Morgan fingerprint density at radius 3 is 1.50 bits per heavy atom. The fraction of sp³-hybridized carbons (Fsp3) is 0.654. The molecule has 24 heteroatoms. The number of amides is 6. The van der Waals surface area contributed by atoms with Crippen LogP contribution < -0.4 is 60.2 Å². The lowest BCUT2D eigenvalue weighted by molar-refractivity contribution is -0.138. The summed E-state index contributed by atoms with van der Waals surface area (Å²) in [6, 6.07) is -6.85. The first-order valence-electron chi connectivity index (χ1n) is 15.0. The first-order valence-corrected chi connectivity index (χ1v) is 17.5. The van der Waals surface area contributed by atoms with E-state index in [1.165, 1.54) is 20.8 Å². The maximum absolute atomic E-state index is 13.2. The van der Waals surface area contributed by atoms with E-state index in [1.54, 1.807) is 0 Å². The van der Waals surface area contributed by atoms with Gasteiger partial charge in [0.05, 0.1) is 0 Å². The van der Waals surface area contributed by atoms with E-state index in [4.69, 9.17) is 38.9 Å². The Balaban J connectivity index is 0. The number of guanidine groups is 2. The fourth-order valence-corrected chi connectivity index (χ4v) is 5.98. The summed E-state index contributed by atoms with van der Waals surface area (Å²) in [7, 11) is 2.19. The van der Waals surface area contributed by atoms with Gasteiger partial charge in [0.25, 0.3) is 0 Å². The molecule has 0 saturated heterocycles. The van der Waals surface area contributed by atoms with Crippen LogP contribution in [0.25, 0.3) is 0 Å². The van der Waals surface area contributed by atoms with E-state index < -0.39 is 77.7 Å². The Morgan fingerprint density at radius 1 is 0.660 bits per heavy atom. The molecule has 0 saturated carbocycles. The molecule has 0 fully saturated rings. The zero-order valence-corrected chi connectivity index (χ0v) is 30.4. The molecule has 0 rings (SSSR count). The van der Waals surface area contributed by atoms with Crippen molar-refractivity contribution in [3.8, 4) is 0 Å². The van der Waals surface area contributed by atoms with Crippen LogP contribution in [0.1, 0.15) is 46.5 Å². The van der Waals surface area contributed by atoms with Gasteiger partial charge in [-0.3, -0.25) is 44.4 Å². The van der Waals surface area contributed by atoms with Crippen LogP contribution in [-0.4, -0.2) is 119 Å². The number of carbonyl (C=O) groups is 7. The summed E-state index contributed by atoms with van der Waals surface area (Å²) in [5, 5.41) is 40.9. The second-order valence-corrected chi connectivity index (χ2v) is 13.3. The van der Waals surface area contributed by atoms with E-state index >= 15 is 0 Å². The number of rotatable bonds is 24. The van der Waals surface area contributed by atoms with Crippen LogP contribution in [0.2, 0.25) is 0 Å². The topological polar surface area (TPSA) is 376 Å². The number of hydrogen-bond donors (Lipinski definition) is 14. The fourth-order valence-electron chi connectivity index (χ4n) is 3.70. The molecule has 6 amide bonds. The van der Waals surface area contributed by atoms with Crippen LogP contribution in [0.4, 0.5) is 0 Å². The maximum Gasteiger partial charge on any atom is 0.321 e. The minimum absolute atomic E-state index is 0. The highest BCUT2D eigenvalue weighted by atomic mass is 35.5. The summed E-state index contributed by atoms with van der Waals surface area (Å²) in [4.78, 5) is 86.5. The quantitative estimate of drug-likeness (QED) is 0.0191. The molecule has 18 N–H and O–H groups in total. The molecule has 0 heterocycles. The van der Waals surface area contributed by atoms with Crippen molar-refractivity contribution >= 4 is 87.3 Å². The normalized spacial score (nSPS) is 14.0. The summed E-state index contributed by atoms with van der Waals surface area (Å²) in [6.45, 7) is 4.35. The number of halogens is 1. The van der Waals surface area contributed by atoms with Crippen molar-refractivity contribution in [3.05, 3.63) is 0 Å². The number of nitrogens with one attached hydrogen (secondary N) is 9. The second-order valence-electron chi connectivity index (χ2n) is 10.7. The zero-order valence-electron chi connectivity index (χ0n) is 28.0. The molecule has 0 aromatic rings. The zero-order chi connectivity index (χ0) is 37.7. The van der Waals surface area contributed by atoms with Gasteiger partial charge in [0.2, 0.25) is 35.4 Å². The number of nitrogens with two attached hydrogens (primary N) is 4. The summed E-state index contributed by atoms with van der Waals surface area (Å²) < 4.78 is 0. The van der Waals surface area contributed by atoms with Crippen molar-refractivity contribution in [2.75, 3.05) is 24.6 Å². The molecule has 21 nitrogen and oxygen atoms in total. The Hall–Kier alpha value is -4.22. The minimum atomic E-state index is -1.21. The van der Waals surface area contributed by atoms with Gasteiger partial charge in [-0.05, 0) is 39.5 Å². The van der Waals surface area contributed by atoms with Gasteiger partial charge >= 0.3 is 5.97 Å². The molecule has 0 aromatic heterocycles. The lowest BCUT2D eigenvalue weighted by Crippen LogP contribution is -2.58. The Labute approximate surface area is 303 Å². The minimum Gasteiger partial charge on any atom is -0.480 e. The summed E-state index contributed by atoms with van der Waals surface area (Å²) in [6.07, 6.45) is 0.756. The molecule has 6 unspecified atom stereocenters. The SMILES string of the molecule is CC(=O)NC(CSSCC(N)C(=O)O)C(=O)NC(C)C(=O)NC(CCCNC(=N)N)C(=O)NC(C)C(=O)NC(CCCNC(=N)N)C(N)=O.Cl. The molecule has 0 aliphatic heterocycles. The van der Waals surface area contributed by atoms with E-state index in [-0.39, 0.29) is 68.2 Å². The Kier molecular flexibility index (Phi) is 24.6. The van der Waals surface area contributed by atoms with Gasteiger partial charge in [-0.25, -0.2) is 0 Å². The first-order chi connectivity index (χ1) is 22.8. The molecule has 0 radical (unpaired) electrons. The summed E-state index contributed by atoms with van der Waals surface area (Å²) in [5.41, 5.74) is 21.4. The Morgan fingerprint density at radius 2 is 1.08 bits per heavy atom. The third-order valence-corrected chi connectivity index (χ3v) is 8.79. The predicted molar refractivity (Wildman–Crippen MR) is 192 cm³/mol. The maximum atomic E-state index is 13.2. The van der Waals surface area contributed by atoms with E-state index in [0.29, 0.717) is 6.42 Å². The van der Waals surface area contributed by atoms with Crippen molar-refractivity contribution in [2.24, 2.45) is 22.9 Å². The standard InChI is InChI=1S/C26H49N13O8S2.ClH/c1-12(20(42)38-16(19(28)41)6-4-8-33-25(29)30)35-22(44)17(7-5-9-34-26(31)32)39-21(43)13(2)36-23(45)18(37-14(3)40)11-49-48-10-15(27)24(46)47;/h12-13,15-18H,4-11,27H2,1-3H3,(H2,28,41)(H,35,44)(H,36,45)(H,37,40)(H,38,42)(H,39,43)(H,46,47)(H4,29,30,33)(H4,31,32,34);1H. The smallest absolute Gasteiger partial charge is 0.321 e. The number of primary amides is 1. The summed E-state index contributed by atoms with van der Waals surface area (Å²) >= 11 is 0. The molecule has 0 aliphatic carbocycles. The molecule has 0 aromatic carbocycles. The third-order valence-electron chi connectivity index (χ3n) is 6.34. The number of carbonyl (C=O) groups excluding carboxylic acids is 6. The molecule has 50 heavy (non-hydrogen) atoms. The van der Waals surface area contributed by atoms with Crippen LogP contribution in [0.5, 0.6) is 0 Å². The molecule has 286 valence electrons. The summed E-state index contributed by atoms with van der Waals surface area (Å²) in [5.74, 6) is -5.99. The Bertz CT molecular complexity index is 1200. The van der Waals surface area contributed by atoms with Gasteiger partial charge in [0, 0.05) is 31.5 Å². The number of aliphatic carboxylic acids is 1. The van der Waals surface area contributed by atoms with Crippen LogP contribution >= 0.6 is 34.0 Å². The average molecular weight is 772 g/mol. The lowest BCUT2D eigenvalue weighted by atomic mass is 10.1. The van der Waals surface area contributed by atoms with Gasteiger partial charge in [-0.2, -0.15) is 0 Å². The number of hydrogen-bond acceptors (Lipinski definition) is 12. The van der Waals surface area contributed by atoms with Gasteiger partial charge in [0.15, 0.2) is 11.9 Å². The molecular weight excluding hydrogens is 722 g/mol. The van der Waals surface area contributed by atoms with Gasteiger partial charge < -0.3 is 65.3 Å². The monoisotopic (exact) mass is 771 g/mol. The van der Waals surface area contributed by atoms with Gasteiger partial charge in [-0.1, -0.05) is 21.6 Å². The van der Waals surface area contributed by atoms with E-state index in [2.05, 4.69) is 37.2 Å². The van der Waals surface area contributed by atoms with Crippen molar-refractivity contribution < 1.29 is 38.7 Å². The molecule has 6 atom stereocenters. The van der Waals surface area contributed by atoms with Crippen LogP contribution in [0.15, 0.2) is 0 Å². The van der Waals surface area contributed by atoms with Crippen molar-refractivity contribution in [1.82, 2.24) is 37.2 Å². The van der Waals surface area contributed by atoms with Crippen molar-refractivity contribution in [1.29, 1.82) is 10.8 Å². The second kappa shape index (κ2) is 25.7. The van der Waals surface area contributed by atoms with Crippen LogP contribution in [-0.2, 0) is 33.6 Å². The highest BCUT2D eigenvalue weighted by Gasteiger charge is 2.29. The van der Waals surface area contributed by atoms with Gasteiger partial charge in [-0.15, -0.1) is 12.4 Å². The molecule has 0 aliphatic rings. The highest BCUT2D eigenvalue weighted by molar-refractivity contribution is 8.76.